The Morgan fingerprint density at radius 1 is 1.17 bits per heavy atom. The fourth-order valence-corrected chi connectivity index (χ4v) is 3.82. The lowest BCUT2D eigenvalue weighted by molar-refractivity contribution is 0.340. The number of aromatic amines is 1. The Morgan fingerprint density at radius 3 is 2.88 bits per heavy atom. The molecule has 0 saturated carbocycles. The number of nitrogens with one attached hydrogen (secondary N) is 2. The largest absolute Gasteiger partial charge is 0.494 e. The monoisotopic (exact) mass is 320 g/mol. The molecule has 4 rings (SSSR count). The van der Waals surface area contributed by atoms with Gasteiger partial charge in [0.15, 0.2) is 0 Å². The summed E-state index contributed by atoms with van der Waals surface area (Å²) in [6.45, 7) is 8.12. The van der Waals surface area contributed by atoms with Crippen molar-refractivity contribution in [1.29, 1.82) is 0 Å². The van der Waals surface area contributed by atoms with Gasteiger partial charge in [-0.2, -0.15) is 0 Å². The Kier molecular flexibility index (Phi) is 3.81. The summed E-state index contributed by atoms with van der Waals surface area (Å²) in [5, 5.41) is 5.00. The molecule has 0 amide bonds. The van der Waals surface area contributed by atoms with E-state index in [0.717, 1.165) is 18.7 Å². The second-order valence-corrected chi connectivity index (χ2v) is 6.58. The van der Waals surface area contributed by atoms with Crippen LogP contribution in [0.3, 0.4) is 0 Å². The van der Waals surface area contributed by atoms with Gasteiger partial charge in [-0.05, 0) is 67.6 Å². The first kappa shape index (κ1) is 15.3. The van der Waals surface area contributed by atoms with E-state index in [1.54, 1.807) is 0 Å². The maximum atomic E-state index is 5.69. The van der Waals surface area contributed by atoms with Crippen molar-refractivity contribution in [2.45, 2.75) is 33.2 Å². The number of fused-ring (bicyclic) bond motifs is 3. The number of benzene rings is 2. The van der Waals surface area contributed by atoms with Crippen molar-refractivity contribution in [2.24, 2.45) is 0 Å². The van der Waals surface area contributed by atoms with Gasteiger partial charge in [-0.15, -0.1) is 0 Å². The first-order valence-corrected chi connectivity index (χ1v) is 8.76. The van der Waals surface area contributed by atoms with Gasteiger partial charge in [-0.1, -0.05) is 18.2 Å². The summed E-state index contributed by atoms with van der Waals surface area (Å²) in [4.78, 5) is 3.66. The molecule has 3 nitrogen and oxygen atoms in total. The van der Waals surface area contributed by atoms with Crippen LogP contribution in [0.2, 0.25) is 0 Å². The zero-order chi connectivity index (χ0) is 16.7. The molecule has 0 saturated heterocycles. The van der Waals surface area contributed by atoms with Crippen LogP contribution < -0.4 is 10.1 Å². The first-order chi connectivity index (χ1) is 11.7. The minimum atomic E-state index is 0.233. The minimum absolute atomic E-state index is 0.233. The highest BCUT2D eigenvalue weighted by molar-refractivity contribution is 5.86. The normalized spacial score (nSPS) is 17.0. The van der Waals surface area contributed by atoms with Crippen molar-refractivity contribution in [2.75, 3.05) is 13.2 Å². The summed E-state index contributed by atoms with van der Waals surface area (Å²) in [6.07, 6.45) is 1.05. The van der Waals surface area contributed by atoms with E-state index in [1.807, 2.05) is 13.0 Å². The van der Waals surface area contributed by atoms with Gasteiger partial charge >= 0.3 is 0 Å². The van der Waals surface area contributed by atoms with Gasteiger partial charge < -0.3 is 15.0 Å². The molecule has 1 aromatic heterocycles. The molecule has 0 radical (unpaired) electrons. The predicted octanol–water partition coefficient (Wildman–Crippen LogP) is 4.42. The van der Waals surface area contributed by atoms with Gasteiger partial charge in [-0.25, -0.2) is 0 Å². The van der Waals surface area contributed by atoms with Crippen LogP contribution in [0.4, 0.5) is 0 Å². The highest BCUT2D eigenvalue weighted by atomic mass is 16.5. The third-order valence-corrected chi connectivity index (χ3v) is 5.19. The van der Waals surface area contributed by atoms with E-state index >= 15 is 0 Å². The number of ether oxygens (including phenoxy) is 1. The van der Waals surface area contributed by atoms with Gasteiger partial charge in [0.2, 0.25) is 0 Å². The number of hydrogen-bond acceptors (Lipinski definition) is 2. The number of hydrogen-bond donors (Lipinski definition) is 2. The summed E-state index contributed by atoms with van der Waals surface area (Å²) in [7, 11) is 0. The molecule has 2 heterocycles. The van der Waals surface area contributed by atoms with Crippen LogP contribution in [0.5, 0.6) is 5.75 Å². The van der Waals surface area contributed by atoms with E-state index in [0.29, 0.717) is 6.61 Å². The summed E-state index contributed by atoms with van der Waals surface area (Å²) in [5.74, 6) is 0.952. The molecule has 0 aliphatic carbocycles. The van der Waals surface area contributed by atoms with Crippen molar-refractivity contribution in [3.8, 4) is 5.75 Å². The van der Waals surface area contributed by atoms with E-state index < -0.39 is 0 Å². The molecule has 0 spiro atoms. The Bertz CT molecular complexity index is 894. The van der Waals surface area contributed by atoms with Crippen molar-refractivity contribution in [1.82, 2.24) is 10.3 Å². The third kappa shape index (κ3) is 2.40. The molecule has 0 bridgehead atoms. The zero-order valence-electron chi connectivity index (χ0n) is 14.6. The summed E-state index contributed by atoms with van der Waals surface area (Å²) >= 11 is 0. The molecule has 3 aromatic rings. The maximum absolute atomic E-state index is 5.69. The van der Waals surface area contributed by atoms with E-state index in [-0.39, 0.29) is 6.04 Å². The maximum Gasteiger partial charge on any atom is 0.120 e. The van der Waals surface area contributed by atoms with Crippen LogP contribution in [-0.4, -0.2) is 18.1 Å². The molecule has 0 fully saturated rings. The molecule has 1 unspecified atom stereocenters. The molecule has 1 aliphatic heterocycles. The van der Waals surface area contributed by atoms with Gasteiger partial charge in [0.1, 0.15) is 5.75 Å². The number of rotatable bonds is 3. The zero-order valence-corrected chi connectivity index (χ0v) is 14.6. The second-order valence-electron chi connectivity index (χ2n) is 6.58. The summed E-state index contributed by atoms with van der Waals surface area (Å²) < 4.78 is 5.69. The standard InChI is InChI=1S/C21H24N2O/c1-4-24-15-8-9-19-18(12-15)17-10-11-22-20(21(17)23-19)16-7-5-6-13(2)14(16)3/h5-9,12,20,22-23H,4,10-11H2,1-3H3. The fraction of sp³-hybridized carbons (Fsp3) is 0.333. The second kappa shape index (κ2) is 5.99. The van der Waals surface area contributed by atoms with Gasteiger partial charge in [0, 0.05) is 23.1 Å². The van der Waals surface area contributed by atoms with Crippen molar-refractivity contribution in [3.63, 3.8) is 0 Å². The molecule has 1 aliphatic rings. The van der Waals surface area contributed by atoms with E-state index in [9.17, 15) is 0 Å². The lowest BCUT2D eigenvalue weighted by Crippen LogP contribution is -2.31. The Labute approximate surface area is 143 Å². The highest BCUT2D eigenvalue weighted by Crippen LogP contribution is 2.36. The Balaban J connectivity index is 1.85. The molecule has 24 heavy (non-hydrogen) atoms. The summed E-state index contributed by atoms with van der Waals surface area (Å²) in [6, 6.07) is 13.2. The Hall–Kier alpha value is -2.26. The minimum Gasteiger partial charge on any atom is -0.494 e. The van der Waals surface area contributed by atoms with Crippen LogP contribution in [0.1, 0.15) is 40.9 Å². The number of aromatic nitrogens is 1. The van der Waals surface area contributed by atoms with Crippen LogP contribution in [0.25, 0.3) is 10.9 Å². The van der Waals surface area contributed by atoms with Crippen LogP contribution in [0.15, 0.2) is 36.4 Å². The molecule has 3 heteroatoms. The molecular formula is C21H24N2O. The van der Waals surface area contributed by atoms with Crippen LogP contribution >= 0.6 is 0 Å². The smallest absolute Gasteiger partial charge is 0.120 e. The lowest BCUT2D eigenvalue weighted by Gasteiger charge is -2.26. The molecule has 1 atom stereocenters. The fourth-order valence-electron chi connectivity index (χ4n) is 3.82. The van der Waals surface area contributed by atoms with Gasteiger partial charge in [-0.3, -0.25) is 0 Å². The predicted molar refractivity (Wildman–Crippen MR) is 98.9 cm³/mol. The van der Waals surface area contributed by atoms with Gasteiger partial charge in [0.25, 0.3) is 0 Å². The van der Waals surface area contributed by atoms with Crippen LogP contribution in [-0.2, 0) is 6.42 Å². The van der Waals surface area contributed by atoms with Gasteiger partial charge in [0.05, 0.1) is 12.6 Å². The average molecular weight is 320 g/mol. The molecule has 2 aromatic carbocycles. The van der Waals surface area contributed by atoms with Crippen molar-refractivity contribution < 1.29 is 4.74 Å². The quantitative estimate of drug-likeness (QED) is 0.749. The number of H-pyrrole nitrogens is 1. The van der Waals surface area contributed by atoms with Crippen molar-refractivity contribution >= 4 is 10.9 Å². The molecule has 124 valence electrons. The van der Waals surface area contributed by atoms with E-state index in [2.05, 4.69) is 54.5 Å². The lowest BCUT2D eigenvalue weighted by atomic mass is 9.90. The number of aryl methyl sites for hydroxylation is 1. The molecular weight excluding hydrogens is 296 g/mol. The SMILES string of the molecule is CCOc1ccc2[nH]c3c(c2c1)CCNC3c1cccc(C)c1C. The van der Waals surface area contributed by atoms with E-state index in [4.69, 9.17) is 4.74 Å². The first-order valence-electron chi connectivity index (χ1n) is 8.76. The third-order valence-electron chi connectivity index (χ3n) is 5.19. The van der Waals surface area contributed by atoms with Crippen LogP contribution in [0, 0.1) is 13.8 Å². The van der Waals surface area contributed by atoms with Crippen molar-refractivity contribution in [3.05, 3.63) is 64.3 Å². The summed E-state index contributed by atoms with van der Waals surface area (Å²) in [5.41, 5.74) is 8.01. The molecule has 2 N–H and O–H groups in total. The average Bonchev–Trinajstić information content (AvgIpc) is 2.96. The Morgan fingerprint density at radius 2 is 2.04 bits per heavy atom. The topological polar surface area (TPSA) is 37.0 Å². The highest BCUT2D eigenvalue weighted by Gasteiger charge is 2.26. The van der Waals surface area contributed by atoms with E-state index in [1.165, 1.54) is 38.9 Å².